The molecule has 0 N–H and O–H groups in total. The van der Waals surface area contributed by atoms with E-state index in [2.05, 4.69) is 20.5 Å². The van der Waals surface area contributed by atoms with Crippen molar-refractivity contribution in [2.45, 2.75) is 12.6 Å². The van der Waals surface area contributed by atoms with E-state index in [1.165, 1.54) is 15.6 Å². The second-order valence-electron chi connectivity index (χ2n) is 6.05. The van der Waals surface area contributed by atoms with Crippen molar-refractivity contribution in [2.75, 3.05) is 19.7 Å². The summed E-state index contributed by atoms with van der Waals surface area (Å²) >= 11 is 0. The zero-order chi connectivity index (χ0) is 18.1. The van der Waals surface area contributed by atoms with Gasteiger partial charge in [-0.1, -0.05) is 12.1 Å². The molecule has 1 aliphatic heterocycles. The van der Waals surface area contributed by atoms with Crippen molar-refractivity contribution >= 4 is 16.8 Å². The van der Waals surface area contributed by atoms with Gasteiger partial charge in [0.2, 0.25) is 5.91 Å². The van der Waals surface area contributed by atoms with Crippen LogP contribution < -0.4 is 5.56 Å². The highest BCUT2D eigenvalue weighted by Crippen LogP contribution is 2.19. The summed E-state index contributed by atoms with van der Waals surface area (Å²) in [6.45, 7) is 1.10. The highest BCUT2D eigenvalue weighted by atomic mass is 16.5. The monoisotopic (exact) mass is 355 g/mol. The molecule has 1 amide bonds. The summed E-state index contributed by atoms with van der Waals surface area (Å²) in [5, 5.41) is 11.8. The van der Waals surface area contributed by atoms with Crippen molar-refractivity contribution in [2.24, 2.45) is 7.05 Å². The maximum atomic E-state index is 12.7. The standard InChI is InChI=1S/C16H17N7O3/c1-21-15(18-19-20-21)13-8-22(6-7-26-13)14(24)9-23-10-17-12-5-3-2-4-11(12)16(23)25/h2-5,10,13H,6-9H2,1H3. The fraction of sp³-hybridized carbons (Fsp3) is 0.375. The summed E-state index contributed by atoms with van der Waals surface area (Å²) in [5.41, 5.74) is 0.383. The molecule has 2 aromatic heterocycles. The number of carbonyl (C=O) groups excluding carboxylic acids is 1. The van der Waals surface area contributed by atoms with Gasteiger partial charge in [-0.3, -0.25) is 14.2 Å². The molecule has 4 rings (SSSR count). The Labute approximate surface area is 148 Å². The summed E-state index contributed by atoms with van der Waals surface area (Å²) in [6.07, 6.45) is 1.02. The van der Waals surface area contributed by atoms with E-state index < -0.39 is 0 Å². The highest BCUT2D eigenvalue weighted by Gasteiger charge is 2.28. The summed E-state index contributed by atoms with van der Waals surface area (Å²) in [4.78, 5) is 31.1. The lowest BCUT2D eigenvalue weighted by atomic mass is 10.2. The van der Waals surface area contributed by atoms with Crippen LogP contribution in [0.3, 0.4) is 0 Å². The molecular weight excluding hydrogens is 338 g/mol. The van der Waals surface area contributed by atoms with Crippen molar-refractivity contribution in [3.05, 3.63) is 46.8 Å². The number of tetrazole rings is 1. The van der Waals surface area contributed by atoms with Crippen LogP contribution in [0.4, 0.5) is 0 Å². The minimum atomic E-state index is -0.390. The summed E-state index contributed by atoms with van der Waals surface area (Å²) in [5.74, 6) is 0.389. The van der Waals surface area contributed by atoms with E-state index in [1.807, 2.05) is 6.07 Å². The van der Waals surface area contributed by atoms with Gasteiger partial charge in [0.1, 0.15) is 12.6 Å². The quantitative estimate of drug-likeness (QED) is 0.624. The minimum absolute atomic E-state index is 0.0690. The average Bonchev–Trinajstić information content (AvgIpc) is 3.10. The fourth-order valence-electron chi connectivity index (χ4n) is 3.01. The van der Waals surface area contributed by atoms with E-state index in [1.54, 1.807) is 30.1 Å². The van der Waals surface area contributed by atoms with E-state index in [4.69, 9.17) is 4.74 Å². The lowest BCUT2D eigenvalue weighted by molar-refractivity contribution is -0.140. The summed E-state index contributed by atoms with van der Waals surface area (Å²) in [6, 6.07) is 7.07. The molecule has 1 unspecified atom stereocenters. The molecule has 1 saturated heterocycles. The number of para-hydroxylation sites is 1. The Morgan fingerprint density at radius 2 is 2.19 bits per heavy atom. The smallest absolute Gasteiger partial charge is 0.261 e. The van der Waals surface area contributed by atoms with Crippen LogP contribution >= 0.6 is 0 Å². The highest BCUT2D eigenvalue weighted by molar-refractivity contribution is 5.79. The molecule has 3 heterocycles. The number of hydrogen-bond donors (Lipinski definition) is 0. The van der Waals surface area contributed by atoms with E-state index in [-0.39, 0.29) is 24.1 Å². The maximum Gasteiger partial charge on any atom is 0.261 e. The Hall–Kier alpha value is -3.14. The molecule has 1 aliphatic rings. The van der Waals surface area contributed by atoms with Gasteiger partial charge in [0.25, 0.3) is 5.56 Å². The van der Waals surface area contributed by atoms with Crippen molar-refractivity contribution < 1.29 is 9.53 Å². The first-order chi connectivity index (χ1) is 12.6. The number of benzene rings is 1. The first-order valence-corrected chi connectivity index (χ1v) is 8.19. The van der Waals surface area contributed by atoms with Crippen molar-refractivity contribution in [3.63, 3.8) is 0 Å². The number of amides is 1. The molecule has 1 aromatic carbocycles. The Kier molecular flexibility index (Phi) is 4.17. The van der Waals surface area contributed by atoms with Crippen LogP contribution in [-0.4, -0.2) is 60.3 Å². The zero-order valence-corrected chi connectivity index (χ0v) is 14.1. The van der Waals surface area contributed by atoms with Gasteiger partial charge in [-0.2, -0.15) is 0 Å². The number of ether oxygens (including phenoxy) is 1. The molecule has 1 atom stereocenters. The molecule has 0 spiro atoms. The minimum Gasteiger partial charge on any atom is -0.366 e. The second-order valence-corrected chi connectivity index (χ2v) is 6.05. The Bertz CT molecular complexity index is 1010. The first kappa shape index (κ1) is 16.3. The molecule has 10 nitrogen and oxygen atoms in total. The molecular formula is C16H17N7O3. The Balaban J connectivity index is 1.52. The number of rotatable bonds is 3. The van der Waals surface area contributed by atoms with Crippen LogP contribution in [-0.2, 0) is 23.1 Å². The lowest BCUT2D eigenvalue weighted by Gasteiger charge is -2.32. The van der Waals surface area contributed by atoms with Crippen LogP contribution in [0.2, 0.25) is 0 Å². The molecule has 134 valence electrons. The molecule has 0 bridgehead atoms. The lowest BCUT2D eigenvalue weighted by Crippen LogP contribution is -2.45. The largest absolute Gasteiger partial charge is 0.366 e. The summed E-state index contributed by atoms with van der Waals surface area (Å²) in [7, 11) is 1.72. The van der Waals surface area contributed by atoms with E-state index >= 15 is 0 Å². The SMILES string of the molecule is Cn1nnnc1C1CN(C(=O)Cn2cnc3ccccc3c2=O)CCO1. The number of aryl methyl sites for hydroxylation is 1. The number of hydrogen-bond acceptors (Lipinski definition) is 7. The van der Waals surface area contributed by atoms with Crippen molar-refractivity contribution in [3.8, 4) is 0 Å². The predicted molar refractivity (Wildman–Crippen MR) is 90.1 cm³/mol. The van der Waals surface area contributed by atoms with Crippen LogP contribution in [0, 0.1) is 0 Å². The topological polar surface area (TPSA) is 108 Å². The average molecular weight is 355 g/mol. The number of nitrogens with zero attached hydrogens (tertiary/aromatic N) is 7. The van der Waals surface area contributed by atoms with Gasteiger partial charge >= 0.3 is 0 Å². The Morgan fingerprint density at radius 1 is 1.35 bits per heavy atom. The van der Waals surface area contributed by atoms with Crippen molar-refractivity contribution in [1.82, 2.24) is 34.7 Å². The van der Waals surface area contributed by atoms with Crippen LogP contribution in [0.1, 0.15) is 11.9 Å². The van der Waals surface area contributed by atoms with Crippen molar-refractivity contribution in [1.29, 1.82) is 0 Å². The van der Waals surface area contributed by atoms with Gasteiger partial charge in [0.15, 0.2) is 5.82 Å². The molecule has 26 heavy (non-hydrogen) atoms. The maximum absolute atomic E-state index is 12.7. The second kappa shape index (κ2) is 6.64. The van der Waals surface area contributed by atoms with Gasteiger partial charge in [-0.15, -0.1) is 5.10 Å². The molecule has 0 saturated carbocycles. The number of aromatic nitrogens is 6. The molecule has 0 aliphatic carbocycles. The van der Waals surface area contributed by atoms with Gasteiger partial charge < -0.3 is 9.64 Å². The third kappa shape index (κ3) is 2.94. The predicted octanol–water partition coefficient (Wildman–Crippen LogP) is -0.480. The molecule has 3 aromatic rings. The van der Waals surface area contributed by atoms with E-state index in [0.717, 1.165) is 0 Å². The van der Waals surface area contributed by atoms with E-state index in [0.29, 0.717) is 36.4 Å². The van der Waals surface area contributed by atoms with Gasteiger partial charge in [-0.25, -0.2) is 9.67 Å². The number of fused-ring (bicyclic) bond motifs is 1. The first-order valence-electron chi connectivity index (χ1n) is 8.19. The van der Waals surface area contributed by atoms with Crippen LogP contribution in [0.5, 0.6) is 0 Å². The third-order valence-electron chi connectivity index (χ3n) is 4.40. The Morgan fingerprint density at radius 3 is 3.00 bits per heavy atom. The number of morpholine rings is 1. The zero-order valence-electron chi connectivity index (χ0n) is 14.1. The normalized spacial score (nSPS) is 17.6. The van der Waals surface area contributed by atoms with Crippen LogP contribution in [0.15, 0.2) is 35.4 Å². The van der Waals surface area contributed by atoms with Crippen LogP contribution in [0.25, 0.3) is 10.9 Å². The number of carbonyl (C=O) groups is 1. The molecule has 0 radical (unpaired) electrons. The van der Waals surface area contributed by atoms with Gasteiger partial charge in [0, 0.05) is 13.6 Å². The fourth-order valence-corrected chi connectivity index (χ4v) is 3.01. The van der Waals surface area contributed by atoms with E-state index in [9.17, 15) is 9.59 Å². The summed E-state index contributed by atoms with van der Waals surface area (Å²) < 4.78 is 8.53. The third-order valence-corrected chi connectivity index (χ3v) is 4.40. The molecule has 1 fully saturated rings. The molecule has 10 heteroatoms. The van der Waals surface area contributed by atoms with Gasteiger partial charge in [-0.05, 0) is 22.6 Å². The van der Waals surface area contributed by atoms with Gasteiger partial charge in [0.05, 0.1) is 30.4 Å².